The first-order valence-electron chi connectivity index (χ1n) is 9.63. The second-order valence-corrected chi connectivity index (χ2v) is 8.76. The maximum Gasteiger partial charge on any atom is 0.230 e. The Hall–Kier alpha value is -2.38. The third kappa shape index (κ3) is 4.97. The Kier molecular flexibility index (Phi) is 7.28. The van der Waals surface area contributed by atoms with Crippen molar-refractivity contribution in [2.75, 3.05) is 5.75 Å². The molecule has 1 unspecified atom stereocenters. The largest absolute Gasteiger partial charge is 0.349 e. The number of allylic oxidation sites excluding steroid dienone is 1. The van der Waals surface area contributed by atoms with Crippen molar-refractivity contribution in [3.05, 3.63) is 64.4 Å². The SMILES string of the molecule is C=CCn1c(SCC(=O)NC(C)c2ccccc2)nnc1-c1csc(C)c1CC. The molecular formula is C22H26N4OS2. The Balaban J connectivity index is 1.72. The van der Waals surface area contributed by atoms with Crippen LogP contribution in [0, 0.1) is 6.92 Å². The fourth-order valence-electron chi connectivity index (χ4n) is 3.23. The van der Waals surface area contributed by atoms with Gasteiger partial charge in [-0.05, 0) is 31.4 Å². The maximum absolute atomic E-state index is 12.4. The van der Waals surface area contributed by atoms with Gasteiger partial charge in [-0.2, -0.15) is 0 Å². The zero-order valence-electron chi connectivity index (χ0n) is 17.0. The van der Waals surface area contributed by atoms with Gasteiger partial charge in [0.1, 0.15) is 0 Å². The number of hydrogen-bond acceptors (Lipinski definition) is 5. The number of nitrogens with zero attached hydrogens (tertiary/aromatic N) is 3. The van der Waals surface area contributed by atoms with Crippen LogP contribution in [-0.2, 0) is 17.8 Å². The van der Waals surface area contributed by atoms with E-state index in [1.165, 1.54) is 22.2 Å². The molecule has 0 aliphatic carbocycles. The van der Waals surface area contributed by atoms with Gasteiger partial charge in [-0.25, -0.2) is 0 Å². The highest BCUT2D eigenvalue weighted by molar-refractivity contribution is 7.99. The number of nitrogens with one attached hydrogen (secondary N) is 1. The Labute approximate surface area is 180 Å². The molecule has 0 spiro atoms. The van der Waals surface area contributed by atoms with Crippen LogP contribution in [0.5, 0.6) is 0 Å². The van der Waals surface area contributed by atoms with E-state index in [1.54, 1.807) is 11.3 Å². The molecule has 1 atom stereocenters. The highest BCUT2D eigenvalue weighted by atomic mass is 32.2. The van der Waals surface area contributed by atoms with Crippen LogP contribution in [-0.4, -0.2) is 26.4 Å². The van der Waals surface area contributed by atoms with Gasteiger partial charge in [0.25, 0.3) is 0 Å². The second kappa shape index (κ2) is 9.89. The molecule has 3 aromatic rings. The van der Waals surface area contributed by atoms with E-state index in [9.17, 15) is 4.79 Å². The lowest BCUT2D eigenvalue weighted by atomic mass is 10.1. The molecule has 2 heterocycles. The van der Waals surface area contributed by atoms with Gasteiger partial charge < -0.3 is 5.32 Å². The van der Waals surface area contributed by atoms with Gasteiger partial charge in [0.2, 0.25) is 5.91 Å². The molecule has 7 heteroatoms. The predicted molar refractivity (Wildman–Crippen MR) is 121 cm³/mol. The smallest absolute Gasteiger partial charge is 0.230 e. The lowest BCUT2D eigenvalue weighted by Crippen LogP contribution is -2.28. The first kappa shape index (κ1) is 21.3. The molecule has 0 fully saturated rings. The molecule has 29 heavy (non-hydrogen) atoms. The molecule has 1 N–H and O–H groups in total. The molecular weight excluding hydrogens is 400 g/mol. The minimum absolute atomic E-state index is 0.0262. The summed E-state index contributed by atoms with van der Waals surface area (Å²) in [5.41, 5.74) is 3.51. The van der Waals surface area contributed by atoms with Crippen molar-refractivity contribution in [2.24, 2.45) is 0 Å². The molecule has 0 saturated carbocycles. The van der Waals surface area contributed by atoms with Gasteiger partial charge in [-0.3, -0.25) is 9.36 Å². The molecule has 2 aromatic heterocycles. The summed E-state index contributed by atoms with van der Waals surface area (Å²) < 4.78 is 2.03. The van der Waals surface area contributed by atoms with E-state index >= 15 is 0 Å². The highest BCUT2D eigenvalue weighted by Gasteiger charge is 2.19. The number of benzene rings is 1. The standard InChI is InChI=1S/C22H26N4OS2/c1-5-12-26-21(19-13-28-16(4)18(19)6-2)24-25-22(26)29-14-20(27)23-15(3)17-10-8-7-9-11-17/h5,7-11,13,15H,1,6,12,14H2,2-4H3,(H,23,27). The minimum Gasteiger partial charge on any atom is -0.349 e. The van der Waals surface area contributed by atoms with Gasteiger partial charge in [-0.1, -0.05) is 55.1 Å². The number of hydrogen-bond donors (Lipinski definition) is 1. The van der Waals surface area contributed by atoms with Gasteiger partial charge >= 0.3 is 0 Å². The molecule has 5 nitrogen and oxygen atoms in total. The zero-order valence-corrected chi connectivity index (χ0v) is 18.6. The molecule has 152 valence electrons. The Morgan fingerprint density at radius 1 is 1.34 bits per heavy atom. The fourth-order valence-corrected chi connectivity index (χ4v) is 4.93. The van der Waals surface area contributed by atoms with Crippen LogP contribution in [0.4, 0.5) is 0 Å². The summed E-state index contributed by atoms with van der Waals surface area (Å²) in [5, 5.41) is 14.7. The van der Waals surface area contributed by atoms with E-state index in [0.29, 0.717) is 6.54 Å². The summed E-state index contributed by atoms with van der Waals surface area (Å²) in [6.07, 6.45) is 2.78. The Bertz CT molecular complexity index is 978. The van der Waals surface area contributed by atoms with Crippen LogP contribution in [0.1, 0.15) is 35.9 Å². The van der Waals surface area contributed by atoms with E-state index in [1.807, 2.05) is 47.9 Å². The summed E-state index contributed by atoms with van der Waals surface area (Å²) in [6, 6.07) is 9.91. The number of carbonyl (C=O) groups excluding carboxylic acids is 1. The van der Waals surface area contributed by atoms with Crippen LogP contribution < -0.4 is 5.32 Å². The number of carbonyl (C=O) groups is 1. The first-order chi connectivity index (χ1) is 14.0. The summed E-state index contributed by atoms with van der Waals surface area (Å²) in [5.74, 6) is 1.10. The van der Waals surface area contributed by atoms with Crippen molar-refractivity contribution >= 4 is 29.0 Å². The molecule has 0 aliphatic rings. The van der Waals surface area contributed by atoms with Crippen molar-refractivity contribution in [3.63, 3.8) is 0 Å². The molecule has 3 rings (SSSR count). The lowest BCUT2D eigenvalue weighted by Gasteiger charge is -2.14. The zero-order chi connectivity index (χ0) is 20.8. The van der Waals surface area contributed by atoms with E-state index in [-0.39, 0.29) is 17.7 Å². The van der Waals surface area contributed by atoms with Crippen LogP contribution in [0.2, 0.25) is 0 Å². The number of aromatic nitrogens is 3. The molecule has 0 radical (unpaired) electrons. The Morgan fingerprint density at radius 2 is 2.10 bits per heavy atom. The number of amides is 1. The highest BCUT2D eigenvalue weighted by Crippen LogP contribution is 2.32. The minimum atomic E-state index is -0.0354. The number of thiophene rings is 1. The lowest BCUT2D eigenvalue weighted by molar-refractivity contribution is -0.119. The van der Waals surface area contributed by atoms with Crippen molar-refractivity contribution in [1.29, 1.82) is 0 Å². The van der Waals surface area contributed by atoms with Crippen molar-refractivity contribution in [1.82, 2.24) is 20.1 Å². The van der Waals surface area contributed by atoms with Crippen molar-refractivity contribution in [3.8, 4) is 11.4 Å². The third-order valence-electron chi connectivity index (χ3n) is 4.74. The van der Waals surface area contributed by atoms with Crippen molar-refractivity contribution < 1.29 is 4.79 Å². The first-order valence-corrected chi connectivity index (χ1v) is 11.5. The van der Waals surface area contributed by atoms with E-state index in [0.717, 1.165) is 28.5 Å². The average molecular weight is 427 g/mol. The van der Waals surface area contributed by atoms with Gasteiger partial charge in [0.05, 0.1) is 11.8 Å². The number of thioether (sulfide) groups is 1. The van der Waals surface area contributed by atoms with Gasteiger partial charge in [0.15, 0.2) is 11.0 Å². The summed E-state index contributed by atoms with van der Waals surface area (Å²) in [4.78, 5) is 13.7. The monoisotopic (exact) mass is 426 g/mol. The Morgan fingerprint density at radius 3 is 2.79 bits per heavy atom. The quantitative estimate of drug-likeness (QED) is 0.385. The maximum atomic E-state index is 12.4. The van der Waals surface area contributed by atoms with Crippen LogP contribution in [0.3, 0.4) is 0 Å². The summed E-state index contributed by atoms with van der Waals surface area (Å²) in [6.45, 7) is 10.7. The molecule has 0 aliphatic heterocycles. The van der Waals surface area contributed by atoms with E-state index in [2.05, 4.69) is 41.3 Å². The van der Waals surface area contributed by atoms with Crippen LogP contribution >= 0.6 is 23.1 Å². The topological polar surface area (TPSA) is 59.8 Å². The normalized spacial score (nSPS) is 12.0. The summed E-state index contributed by atoms with van der Waals surface area (Å²) >= 11 is 3.13. The van der Waals surface area contributed by atoms with Crippen LogP contribution in [0.15, 0.2) is 53.5 Å². The van der Waals surface area contributed by atoms with E-state index in [4.69, 9.17) is 0 Å². The molecule has 0 bridgehead atoms. The van der Waals surface area contributed by atoms with Crippen LogP contribution in [0.25, 0.3) is 11.4 Å². The van der Waals surface area contributed by atoms with Crippen molar-refractivity contribution in [2.45, 2.75) is 44.9 Å². The summed E-state index contributed by atoms with van der Waals surface area (Å²) in [7, 11) is 0. The third-order valence-corrected chi connectivity index (χ3v) is 6.66. The average Bonchev–Trinajstić information content (AvgIpc) is 3.29. The molecule has 1 aromatic carbocycles. The second-order valence-electron chi connectivity index (χ2n) is 6.73. The number of aryl methyl sites for hydroxylation is 1. The predicted octanol–water partition coefficient (Wildman–Crippen LogP) is 5.03. The molecule has 0 saturated heterocycles. The fraction of sp³-hybridized carbons (Fsp3) is 0.318. The van der Waals surface area contributed by atoms with Gasteiger partial charge in [-0.15, -0.1) is 28.1 Å². The van der Waals surface area contributed by atoms with Gasteiger partial charge in [0, 0.05) is 22.4 Å². The number of rotatable bonds is 9. The molecule has 1 amide bonds. The van der Waals surface area contributed by atoms with E-state index < -0.39 is 0 Å².